The van der Waals surface area contributed by atoms with Gasteiger partial charge in [0.1, 0.15) is 0 Å². The summed E-state index contributed by atoms with van der Waals surface area (Å²) in [6, 6.07) is 60.7. The maximum atomic E-state index is 5.24. The van der Waals surface area contributed by atoms with Crippen molar-refractivity contribution in [2.24, 2.45) is 0 Å². The van der Waals surface area contributed by atoms with E-state index in [1.165, 1.54) is 0 Å². The van der Waals surface area contributed by atoms with Gasteiger partial charge in [-0.15, -0.1) is 0 Å². The van der Waals surface area contributed by atoms with Crippen LogP contribution in [-0.4, -0.2) is 24.9 Å². The molecule has 4 aromatic heterocycles. The second kappa shape index (κ2) is 13.6. The number of pyridine rings is 3. The van der Waals surface area contributed by atoms with E-state index in [9.17, 15) is 0 Å². The summed E-state index contributed by atoms with van der Waals surface area (Å²) in [6.45, 7) is 2.15. The molecular weight excluding hydrogens is 671 g/mol. The van der Waals surface area contributed by atoms with Gasteiger partial charge in [-0.05, 0) is 48.4 Å². The van der Waals surface area contributed by atoms with Crippen LogP contribution in [0.15, 0.2) is 182 Å². The van der Waals surface area contributed by atoms with Gasteiger partial charge in [0.25, 0.3) is 0 Å². The van der Waals surface area contributed by atoms with Crippen molar-refractivity contribution in [1.29, 1.82) is 0 Å². The summed E-state index contributed by atoms with van der Waals surface area (Å²) in [7, 11) is 0. The first kappa shape index (κ1) is 32.3. The Kier molecular flexibility index (Phi) is 7.96. The molecule has 0 bridgehead atoms. The van der Waals surface area contributed by atoms with Gasteiger partial charge in [0.2, 0.25) is 0 Å². The number of aryl methyl sites for hydroxylation is 1. The van der Waals surface area contributed by atoms with Crippen LogP contribution in [0.25, 0.3) is 100 Å². The molecule has 0 fully saturated rings. The zero-order valence-electron chi connectivity index (χ0n) is 30.1. The fraction of sp³-hybridized carbons (Fsp3) is 0.0200. The van der Waals surface area contributed by atoms with Crippen LogP contribution in [-0.2, 0) is 0 Å². The minimum absolute atomic E-state index is 0.676. The lowest BCUT2D eigenvalue weighted by molar-refractivity contribution is 1.18. The molecule has 5 nitrogen and oxygen atoms in total. The third kappa shape index (κ3) is 6.08. The molecule has 0 amide bonds. The first-order valence-electron chi connectivity index (χ1n) is 18.4. The van der Waals surface area contributed by atoms with Crippen molar-refractivity contribution >= 4 is 32.7 Å². The summed E-state index contributed by atoms with van der Waals surface area (Å²) >= 11 is 0. The van der Waals surface area contributed by atoms with E-state index in [1.807, 2.05) is 48.7 Å². The van der Waals surface area contributed by atoms with Crippen LogP contribution < -0.4 is 0 Å². The van der Waals surface area contributed by atoms with Crippen LogP contribution in [0.5, 0.6) is 0 Å². The molecule has 0 spiro atoms. The number of hydrogen-bond acceptors (Lipinski definition) is 5. The molecule has 6 aromatic carbocycles. The smallest absolute Gasteiger partial charge is 0.160 e. The Morgan fingerprint density at radius 2 is 0.927 bits per heavy atom. The Labute approximate surface area is 318 Å². The Morgan fingerprint density at radius 1 is 0.345 bits per heavy atom. The molecule has 4 heterocycles. The fourth-order valence-electron chi connectivity index (χ4n) is 7.41. The first-order valence-corrected chi connectivity index (χ1v) is 18.4. The van der Waals surface area contributed by atoms with Crippen molar-refractivity contribution in [1.82, 2.24) is 24.9 Å². The number of benzene rings is 6. The molecule has 0 aliphatic heterocycles. The fourth-order valence-corrected chi connectivity index (χ4v) is 7.41. The predicted octanol–water partition coefficient (Wildman–Crippen LogP) is 12.4. The van der Waals surface area contributed by atoms with E-state index < -0.39 is 0 Å². The van der Waals surface area contributed by atoms with Crippen molar-refractivity contribution in [2.45, 2.75) is 6.92 Å². The molecule has 0 radical (unpaired) electrons. The summed E-state index contributed by atoms with van der Waals surface area (Å²) in [5.41, 5.74) is 14.7. The summed E-state index contributed by atoms with van der Waals surface area (Å²) in [5.74, 6) is 0.676. The molecule has 0 aliphatic carbocycles. The van der Waals surface area contributed by atoms with Crippen molar-refractivity contribution in [3.63, 3.8) is 0 Å². The lowest BCUT2D eigenvalue weighted by Crippen LogP contribution is -1.96. The lowest BCUT2D eigenvalue weighted by atomic mass is 9.98. The van der Waals surface area contributed by atoms with Gasteiger partial charge in [0.05, 0.1) is 39.3 Å². The second-order valence-electron chi connectivity index (χ2n) is 13.8. The zero-order valence-corrected chi connectivity index (χ0v) is 30.1. The zero-order chi connectivity index (χ0) is 36.7. The highest BCUT2D eigenvalue weighted by Gasteiger charge is 2.15. The van der Waals surface area contributed by atoms with Gasteiger partial charge in [-0.25, -0.2) is 19.9 Å². The Bertz CT molecular complexity index is 3030. The minimum atomic E-state index is 0.676. The number of nitrogens with zero attached hydrogens (tertiary/aromatic N) is 5. The van der Waals surface area contributed by atoms with Crippen LogP contribution in [0.4, 0.5) is 0 Å². The van der Waals surface area contributed by atoms with E-state index in [2.05, 4.69) is 140 Å². The van der Waals surface area contributed by atoms with Crippen molar-refractivity contribution in [3.8, 4) is 67.5 Å². The number of rotatable bonds is 6. The molecule has 10 rings (SSSR count). The molecule has 0 atom stereocenters. The number of fused-ring (bicyclic) bond motifs is 4. The lowest BCUT2D eigenvalue weighted by Gasteiger charge is -2.12. The molecule has 10 aromatic rings. The van der Waals surface area contributed by atoms with Gasteiger partial charge in [-0.3, -0.25) is 4.98 Å². The quantitative estimate of drug-likeness (QED) is 0.161. The van der Waals surface area contributed by atoms with Crippen molar-refractivity contribution in [2.75, 3.05) is 0 Å². The number of hydrogen-bond donors (Lipinski definition) is 0. The average Bonchev–Trinajstić information content (AvgIpc) is 3.26. The summed E-state index contributed by atoms with van der Waals surface area (Å²) in [5, 5.41) is 3.29. The minimum Gasteiger partial charge on any atom is -0.256 e. The standard InChI is InChI=1S/C50H33N5/c1-32-29-44(53-49-41(32)26-24-37-25-27-43(52-48(37)49)33-11-4-2-5-12-33)34-20-22-35(23-21-34)45-31-46(55-50(54-45)38-13-6-3-7-14-38)40-17-8-16-39(30-40)42-19-9-15-36-18-10-28-51-47(36)42/h2-31H,1H3. The molecule has 0 N–H and O–H groups in total. The SMILES string of the molecule is Cc1cc(-c2ccc(-c3cc(-c4cccc(-c5cccc6cccnc56)c4)nc(-c4ccccc4)n3)cc2)nc2c1ccc1ccc(-c3ccccc3)nc12. The van der Waals surface area contributed by atoms with Gasteiger partial charge >= 0.3 is 0 Å². The van der Waals surface area contributed by atoms with Crippen LogP contribution in [0.2, 0.25) is 0 Å². The van der Waals surface area contributed by atoms with Gasteiger partial charge in [-0.1, -0.05) is 146 Å². The van der Waals surface area contributed by atoms with Crippen molar-refractivity contribution < 1.29 is 0 Å². The maximum Gasteiger partial charge on any atom is 0.160 e. The van der Waals surface area contributed by atoms with Gasteiger partial charge in [0, 0.05) is 55.7 Å². The summed E-state index contributed by atoms with van der Waals surface area (Å²) in [4.78, 5) is 25.3. The molecule has 55 heavy (non-hydrogen) atoms. The second-order valence-corrected chi connectivity index (χ2v) is 13.8. The van der Waals surface area contributed by atoms with Crippen LogP contribution in [0.3, 0.4) is 0 Å². The van der Waals surface area contributed by atoms with E-state index in [-0.39, 0.29) is 0 Å². The van der Waals surface area contributed by atoms with Crippen LogP contribution >= 0.6 is 0 Å². The Hall–Kier alpha value is -7.37. The molecule has 0 aliphatic rings. The summed E-state index contributed by atoms with van der Waals surface area (Å²) < 4.78 is 0. The van der Waals surface area contributed by atoms with Crippen molar-refractivity contribution in [3.05, 3.63) is 188 Å². The van der Waals surface area contributed by atoms with Gasteiger partial charge in [0.15, 0.2) is 5.82 Å². The predicted molar refractivity (Wildman–Crippen MR) is 225 cm³/mol. The highest BCUT2D eigenvalue weighted by molar-refractivity contribution is 6.05. The molecular formula is C50H33N5. The highest BCUT2D eigenvalue weighted by atomic mass is 14.9. The normalized spacial score (nSPS) is 11.4. The van der Waals surface area contributed by atoms with Gasteiger partial charge in [-0.2, -0.15) is 0 Å². The Balaban J connectivity index is 1.05. The Morgan fingerprint density at radius 3 is 1.71 bits per heavy atom. The summed E-state index contributed by atoms with van der Waals surface area (Å²) in [6.07, 6.45) is 1.85. The molecule has 258 valence electrons. The average molecular weight is 704 g/mol. The maximum absolute atomic E-state index is 5.24. The topological polar surface area (TPSA) is 64.5 Å². The van der Waals surface area contributed by atoms with E-state index in [0.29, 0.717) is 5.82 Å². The van der Waals surface area contributed by atoms with E-state index >= 15 is 0 Å². The third-order valence-corrected chi connectivity index (χ3v) is 10.3. The van der Waals surface area contributed by atoms with Crippen LogP contribution in [0, 0.1) is 6.92 Å². The monoisotopic (exact) mass is 703 g/mol. The molecule has 0 unspecified atom stereocenters. The van der Waals surface area contributed by atoms with E-state index in [1.54, 1.807) is 0 Å². The largest absolute Gasteiger partial charge is 0.256 e. The first-order chi connectivity index (χ1) is 27.1. The van der Waals surface area contributed by atoms with Gasteiger partial charge < -0.3 is 0 Å². The highest BCUT2D eigenvalue weighted by Crippen LogP contribution is 2.35. The molecule has 5 heteroatoms. The van der Waals surface area contributed by atoms with Crippen LogP contribution in [0.1, 0.15) is 5.56 Å². The third-order valence-electron chi connectivity index (χ3n) is 10.3. The number of aromatic nitrogens is 5. The molecule has 0 saturated heterocycles. The number of para-hydroxylation sites is 1. The van der Waals surface area contributed by atoms with E-state index in [4.69, 9.17) is 24.9 Å². The van der Waals surface area contributed by atoms with E-state index in [0.717, 1.165) is 100.0 Å². The molecule has 0 saturated carbocycles.